The summed E-state index contributed by atoms with van der Waals surface area (Å²) in [4.78, 5) is 10.7. The second-order valence-electron chi connectivity index (χ2n) is 5.59. The van der Waals surface area contributed by atoms with Gasteiger partial charge < -0.3 is 15.2 Å². The molecule has 0 heterocycles. The Morgan fingerprint density at radius 1 is 1.25 bits per heavy atom. The molecule has 0 unspecified atom stereocenters. The molecule has 0 saturated heterocycles. The average molecular weight is 277 g/mol. The molecule has 0 atom stereocenters. The molecule has 4 heteroatoms. The molecule has 1 fully saturated rings. The second kappa shape index (κ2) is 7.29. The third kappa shape index (κ3) is 4.53. The van der Waals surface area contributed by atoms with E-state index in [-0.39, 0.29) is 5.56 Å². The molecule has 0 aliphatic heterocycles. The SMILES string of the molecule is CC1CCC(NCCOc2ccc(C(=O)O)cc2)CC1. The summed E-state index contributed by atoms with van der Waals surface area (Å²) in [5.74, 6) is 0.677. The predicted octanol–water partition coefficient (Wildman–Crippen LogP) is 2.93. The van der Waals surface area contributed by atoms with Gasteiger partial charge in [0, 0.05) is 12.6 Å². The smallest absolute Gasteiger partial charge is 0.335 e. The normalized spacial score (nSPS) is 22.4. The molecule has 1 aliphatic rings. The van der Waals surface area contributed by atoms with Crippen molar-refractivity contribution in [3.05, 3.63) is 29.8 Å². The molecule has 2 N–H and O–H groups in total. The van der Waals surface area contributed by atoms with Crippen LogP contribution in [0.2, 0.25) is 0 Å². The first-order chi connectivity index (χ1) is 9.65. The molecule has 4 nitrogen and oxygen atoms in total. The molecule has 0 spiro atoms. The number of ether oxygens (including phenoxy) is 1. The van der Waals surface area contributed by atoms with E-state index in [1.165, 1.54) is 25.7 Å². The summed E-state index contributed by atoms with van der Waals surface area (Å²) >= 11 is 0. The summed E-state index contributed by atoms with van der Waals surface area (Å²) in [6.45, 7) is 3.76. The van der Waals surface area contributed by atoms with Crippen LogP contribution in [-0.2, 0) is 0 Å². The summed E-state index contributed by atoms with van der Waals surface area (Å²) in [6.07, 6.45) is 5.15. The van der Waals surface area contributed by atoms with Crippen LogP contribution in [-0.4, -0.2) is 30.3 Å². The summed E-state index contributed by atoms with van der Waals surface area (Å²) in [5.41, 5.74) is 0.284. The molecule has 1 aromatic carbocycles. The maximum Gasteiger partial charge on any atom is 0.335 e. The monoisotopic (exact) mass is 277 g/mol. The first-order valence-electron chi connectivity index (χ1n) is 7.34. The van der Waals surface area contributed by atoms with Crippen molar-refractivity contribution in [1.82, 2.24) is 5.32 Å². The molecular formula is C16H23NO3. The number of hydrogen-bond donors (Lipinski definition) is 2. The third-order valence-corrected chi connectivity index (χ3v) is 3.92. The number of carboxylic acids is 1. The van der Waals surface area contributed by atoms with Crippen molar-refractivity contribution in [1.29, 1.82) is 0 Å². The molecule has 0 radical (unpaired) electrons. The molecular weight excluding hydrogens is 254 g/mol. The highest BCUT2D eigenvalue weighted by Crippen LogP contribution is 2.23. The van der Waals surface area contributed by atoms with E-state index in [9.17, 15) is 4.79 Å². The van der Waals surface area contributed by atoms with E-state index >= 15 is 0 Å². The van der Waals surface area contributed by atoms with Crippen molar-refractivity contribution in [3.8, 4) is 5.75 Å². The van der Waals surface area contributed by atoms with Crippen molar-refractivity contribution >= 4 is 5.97 Å². The lowest BCUT2D eigenvalue weighted by Crippen LogP contribution is -2.35. The van der Waals surface area contributed by atoms with Crippen LogP contribution >= 0.6 is 0 Å². The Morgan fingerprint density at radius 3 is 2.50 bits per heavy atom. The molecule has 1 saturated carbocycles. The van der Waals surface area contributed by atoms with Gasteiger partial charge in [0.2, 0.25) is 0 Å². The topological polar surface area (TPSA) is 58.6 Å². The Hall–Kier alpha value is -1.55. The fourth-order valence-corrected chi connectivity index (χ4v) is 2.59. The quantitative estimate of drug-likeness (QED) is 0.785. The lowest BCUT2D eigenvalue weighted by Gasteiger charge is -2.27. The average Bonchev–Trinajstić information content (AvgIpc) is 2.46. The van der Waals surface area contributed by atoms with Gasteiger partial charge in [-0.3, -0.25) is 0 Å². The summed E-state index contributed by atoms with van der Waals surface area (Å²) < 4.78 is 5.60. The molecule has 110 valence electrons. The zero-order valence-corrected chi connectivity index (χ0v) is 12.0. The van der Waals surface area contributed by atoms with Gasteiger partial charge in [-0.25, -0.2) is 4.79 Å². The Kier molecular flexibility index (Phi) is 5.41. The van der Waals surface area contributed by atoms with Gasteiger partial charge in [-0.15, -0.1) is 0 Å². The van der Waals surface area contributed by atoms with E-state index in [0.29, 0.717) is 18.4 Å². The van der Waals surface area contributed by atoms with Gasteiger partial charge in [0.15, 0.2) is 0 Å². The first-order valence-corrected chi connectivity index (χ1v) is 7.34. The Morgan fingerprint density at radius 2 is 1.90 bits per heavy atom. The van der Waals surface area contributed by atoms with E-state index in [0.717, 1.165) is 12.5 Å². The summed E-state index contributed by atoms with van der Waals surface area (Å²) in [5, 5.41) is 12.3. The Bertz CT molecular complexity index is 422. The van der Waals surface area contributed by atoms with E-state index in [1.54, 1.807) is 24.3 Å². The van der Waals surface area contributed by atoms with Crippen LogP contribution in [0.4, 0.5) is 0 Å². The highest BCUT2D eigenvalue weighted by molar-refractivity contribution is 5.87. The van der Waals surface area contributed by atoms with Crippen LogP contribution in [0, 0.1) is 5.92 Å². The molecule has 2 rings (SSSR count). The van der Waals surface area contributed by atoms with E-state index < -0.39 is 5.97 Å². The predicted molar refractivity (Wildman–Crippen MR) is 78.3 cm³/mol. The van der Waals surface area contributed by atoms with Gasteiger partial charge in [-0.05, 0) is 55.9 Å². The number of hydrogen-bond acceptors (Lipinski definition) is 3. The second-order valence-corrected chi connectivity index (χ2v) is 5.59. The van der Waals surface area contributed by atoms with Gasteiger partial charge in [-0.2, -0.15) is 0 Å². The largest absolute Gasteiger partial charge is 0.492 e. The van der Waals surface area contributed by atoms with E-state index in [4.69, 9.17) is 9.84 Å². The standard InChI is InChI=1S/C16H23NO3/c1-12-2-6-14(7-3-12)17-10-11-20-15-8-4-13(5-9-15)16(18)19/h4-5,8-9,12,14,17H,2-3,6-7,10-11H2,1H3,(H,18,19). The van der Waals surface area contributed by atoms with Crippen molar-refractivity contribution in [2.75, 3.05) is 13.2 Å². The Labute approximate surface area is 120 Å². The molecule has 0 amide bonds. The number of carboxylic acid groups (broad SMARTS) is 1. The van der Waals surface area contributed by atoms with Gasteiger partial charge in [-0.1, -0.05) is 6.92 Å². The zero-order chi connectivity index (χ0) is 14.4. The fraction of sp³-hybridized carbons (Fsp3) is 0.562. The highest BCUT2D eigenvalue weighted by atomic mass is 16.5. The van der Waals surface area contributed by atoms with E-state index in [2.05, 4.69) is 12.2 Å². The number of carbonyl (C=O) groups is 1. The van der Waals surface area contributed by atoms with Crippen LogP contribution in [0.3, 0.4) is 0 Å². The molecule has 1 aliphatic carbocycles. The van der Waals surface area contributed by atoms with Crippen LogP contribution in [0.25, 0.3) is 0 Å². The molecule has 0 aromatic heterocycles. The van der Waals surface area contributed by atoms with E-state index in [1.807, 2.05) is 0 Å². The minimum absolute atomic E-state index is 0.284. The lowest BCUT2D eigenvalue weighted by atomic mass is 9.87. The molecule has 0 bridgehead atoms. The van der Waals surface area contributed by atoms with Crippen molar-refractivity contribution in [2.24, 2.45) is 5.92 Å². The number of rotatable bonds is 6. The van der Waals surface area contributed by atoms with Crippen LogP contribution in [0.5, 0.6) is 5.75 Å². The number of aromatic carboxylic acids is 1. The molecule has 1 aromatic rings. The van der Waals surface area contributed by atoms with Crippen LogP contribution < -0.4 is 10.1 Å². The number of nitrogens with one attached hydrogen (secondary N) is 1. The van der Waals surface area contributed by atoms with Gasteiger partial charge in [0.25, 0.3) is 0 Å². The van der Waals surface area contributed by atoms with Crippen molar-refractivity contribution in [2.45, 2.75) is 38.6 Å². The third-order valence-electron chi connectivity index (χ3n) is 3.92. The summed E-state index contributed by atoms with van der Waals surface area (Å²) in [7, 11) is 0. The van der Waals surface area contributed by atoms with Crippen molar-refractivity contribution < 1.29 is 14.6 Å². The molecule has 20 heavy (non-hydrogen) atoms. The lowest BCUT2D eigenvalue weighted by molar-refractivity contribution is 0.0697. The highest BCUT2D eigenvalue weighted by Gasteiger charge is 2.17. The van der Waals surface area contributed by atoms with Crippen LogP contribution in [0.15, 0.2) is 24.3 Å². The number of benzene rings is 1. The minimum Gasteiger partial charge on any atom is -0.492 e. The van der Waals surface area contributed by atoms with Crippen molar-refractivity contribution in [3.63, 3.8) is 0 Å². The van der Waals surface area contributed by atoms with Gasteiger partial charge >= 0.3 is 5.97 Å². The van der Waals surface area contributed by atoms with Gasteiger partial charge in [0.1, 0.15) is 12.4 Å². The Balaban J connectivity index is 1.64. The van der Waals surface area contributed by atoms with Crippen LogP contribution in [0.1, 0.15) is 43.0 Å². The summed E-state index contributed by atoms with van der Waals surface area (Å²) in [6, 6.07) is 7.16. The minimum atomic E-state index is -0.912. The first kappa shape index (κ1) is 14.9. The maximum atomic E-state index is 10.7. The maximum absolute atomic E-state index is 10.7. The zero-order valence-electron chi connectivity index (χ0n) is 12.0. The fourth-order valence-electron chi connectivity index (χ4n) is 2.59. The van der Waals surface area contributed by atoms with Gasteiger partial charge in [0.05, 0.1) is 5.56 Å².